The number of carboxylic acid groups (broad SMARTS) is 1. The van der Waals surface area contributed by atoms with Crippen molar-refractivity contribution in [2.75, 3.05) is 0 Å². The van der Waals surface area contributed by atoms with Crippen LogP contribution in [-0.2, 0) is 0 Å². The number of aromatic nitrogens is 3. The summed E-state index contributed by atoms with van der Waals surface area (Å²) in [4.78, 5) is 10.9. The van der Waals surface area contributed by atoms with Crippen molar-refractivity contribution < 1.29 is 9.90 Å². The van der Waals surface area contributed by atoms with Crippen molar-refractivity contribution in [1.82, 2.24) is 15.0 Å². The van der Waals surface area contributed by atoms with Crippen LogP contribution in [0.2, 0.25) is 0 Å². The molecule has 0 fully saturated rings. The van der Waals surface area contributed by atoms with Crippen molar-refractivity contribution in [3.63, 3.8) is 0 Å². The normalized spacial score (nSPS) is 13.2. The molecule has 1 heterocycles. The van der Waals surface area contributed by atoms with Gasteiger partial charge in [0, 0.05) is 0 Å². The summed E-state index contributed by atoms with van der Waals surface area (Å²) < 4.78 is 1.78. The summed E-state index contributed by atoms with van der Waals surface area (Å²) in [5, 5.41) is 17.1. The molecule has 1 atom stereocenters. The van der Waals surface area contributed by atoms with E-state index in [1.807, 2.05) is 6.92 Å². The third kappa shape index (κ3) is 2.00. The zero-order valence-corrected chi connectivity index (χ0v) is 10.1. The van der Waals surface area contributed by atoms with Crippen LogP contribution in [0.3, 0.4) is 0 Å². The van der Waals surface area contributed by atoms with E-state index in [1.54, 1.807) is 22.9 Å². The lowest BCUT2D eigenvalue weighted by molar-refractivity contribution is 0.0697. The maximum absolute atomic E-state index is 10.9. The maximum Gasteiger partial charge on any atom is 0.335 e. The van der Waals surface area contributed by atoms with Gasteiger partial charge in [0.15, 0.2) is 0 Å². The molecular formula is C12H15N3O2. The summed E-state index contributed by atoms with van der Waals surface area (Å²) in [6.45, 7) is 6.24. The van der Waals surface area contributed by atoms with E-state index in [0.717, 1.165) is 11.0 Å². The van der Waals surface area contributed by atoms with Crippen LogP contribution < -0.4 is 0 Å². The average molecular weight is 233 g/mol. The summed E-state index contributed by atoms with van der Waals surface area (Å²) in [7, 11) is 0. The minimum atomic E-state index is -0.933. The highest BCUT2D eigenvalue weighted by atomic mass is 16.4. The molecule has 1 aromatic heterocycles. The molecule has 0 amide bonds. The van der Waals surface area contributed by atoms with E-state index in [4.69, 9.17) is 5.11 Å². The lowest BCUT2D eigenvalue weighted by Crippen LogP contribution is -2.13. The second-order valence-corrected chi connectivity index (χ2v) is 4.53. The van der Waals surface area contributed by atoms with Crippen LogP contribution in [0, 0.1) is 5.92 Å². The van der Waals surface area contributed by atoms with Gasteiger partial charge in [-0.05, 0) is 31.0 Å². The second kappa shape index (κ2) is 4.16. The van der Waals surface area contributed by atoms with Crippen LogP contribution in [0.15, 0.2) is 18.2 Å². The quantitative estimate of drug-likeness (QED) is 0.883. The molecule has 0 saturated heterocycles. The van der Waals surface area contributed by atoms with Crippen molar-refractivity contribution in [2.24, 2.45) is 5.92 Å². The monoisotopic (exact) mass is 233 g/mol. The fraction of sp³-hybridized carbons (Fsp3) is 0.417. The van der Waals surface area contributed by atoms with E-state index in [-0.39, 0.29) is 11.6 Å². The van der Waals surface area contributed by atoms with Gasteiger partial charge in [0.1, 0.15) is 5.52 Å². The SMILES string of the molecule is CC(C)C(C)n1nnc2ccc(C(=O)O)cc21. The van der Waals surface area contributed by atoms with Gasteiger partial charge >= 0.3 is 5.97 Å². The Hall–Kier alpha value is -1.91. The number of carboxylic acids is 1. The Kier molecular flexibility index (Phi) is 2.83. The molecule has 2 rings (SSSR count). The summed E-state index contributed by atoms with van der Waals surface area (Å²) in [5.41, 5.74) is 1.76. The fourth-order valence-corrected chi connectivity index (χ4v) is 1.65. The molecular weight excluding hydrogens is 218 g/mol. The first-order chi connectivity index (χ1) is 8.00. The Morgan fingerprint density at radius 3 is 2.65 bits per heavy atom. The molecule has 0 radical (unpaired) electrons. The van der Waals surface area contributed by atoms with Gasteiger partial charge in [0.25, 0.3) is 0 Å². The Morgan fingerprint density at radius 1 is 1.35 bits per heavy atom. The van der Waals surface area contributed by atoms with Crippen LogP contribution in [-0.4, -0.2) is 26.1 Å². The molecule has 5 nitrogen and oxygen atoms in total. The van der Waals surface area contributed by atoms with Crippen molar-refractivity contribution in [2.45, 2.75) is 26.8 Å². The summed E-state index contributed by atoms with van der Waals surface area (Å²) in [6.07, 6.45) is 0. The second-order valence-electron chi connectivity index (χ2n) is 4.53. The molecule has 1 aromatic carbocycles. The van der Waals surface area contributed by atoms with Crippen LogP contribution in [0.1, 0.15) is 37.2 Å². The topological polar surface area (TPSA) is 68.0 Å². The zero-order valence-electron chi connectivity index (χ0n) is 10.1. The maximum atomic E-state index is 10.9. The number of fused-ring (bicyclic) bond motifs is 1. The van der Waals surface area contributed by atoms with Crippen LogP contribution in [0.25, 0.3) is 11.0 Å². The molecule has 0 aliphatic carbocycles. The molecule has 0 aliphatic heterocycles. The van der Waals surface area contributed by atoms with Crippen molar-refractivity contribution in [1.29, 1.82) is 0 Å². The number of hydrogen-bond donors (Lipinski definition) is 1. The van der Waals surface area contributed by atoms with E-state index in [9.17, 15) is 4.79 Å². The predicted molar refractivity (Wildman–Crippen MR) is 64.0 cm³/mol. The van der Waals surface area contributed by atoms with Gasteiger partial charge in [0.2, 0.25) is 0 Å². The standard InChI is InChI=1S/C12H15N3O2/c1-7(2)8(3)15-11-6-9(12(16)17)4-5-10(11)13-14-15/h4-8H,1-3H3,(H,16,17). The van der Waals surface area contributed by atoms with E-state index in [2.05, 4.69) is 24.2 Å². The zero-order chi connectivity index (χ0) is 12.6. The Bertz CT molecular complexity index is 560. The summed E-state index contributed by atoms with van der Waals surface area (Å²) in [5.74, 6) is -0.523. The number of carbonyl (C=O) groups is 1. The Morgan fingerprint density at radius 2 is 2.06 bits per heavy atom. The largest absolute Gasteiger partial charge is 0.478 e. The van der Waals surface area contributed by atoms with Gasteiger partial charge in [-0.1, -0.05) is 19.1 Å². The van der Waals surface area contributed by atoms with Gasteiger partial charge in [-0.15, -0.1) is 5.10 Å². The highest BCUT2D eigenvalue weighted by Crippen LogP contribution is 2.22. The lowest BCUT2D eigenvalue weighted by Gasteiger charge is -2.16. The Balaban J connectivity index is 2.57. The number of benzene rings is 1. The molecule has 1 N–H and O–H groups in total. The number of hydrogen-bond acceptors (Lipinski definition) is 3. The smallest absolute Gasteiger partial charge is 0.335 e. The van der Waals surface area contributed by atoms with Crippen LogP contribution in [0.5, 0.6) is 0 Å². The lowest BCUT2D eigenvalue weighted by atomic mass is 10.1. The minimum absolute atomic E-state index is 0.184. The molecule has 1 unspecified atom stereocenters. The molecule has 0 aliphatic rings. The minimum Gasteiger partial charge on any atom is -0.478 e. The Labute approximate surface area is 99.1 Å². The average Bonchev–Trinajstić information content (AvgIpc) is 2.70. The van der Waals surface area contributed by atoms with Crippen molar-refractivity contribution in [3.8, 4) is 0 Å². The number of rotatable bonds is 3. The highest BCUT2D eigenvalue weighted by Gasteiger charge is 2.15. The molecule has 0 bridgehead atoms. The van der Waals surface area contributed by atoms with Gasteiger partial charge in [-0.3, -0.25) is 0 Å². The van der Waals surface area contributed by atoms with Crippen molar-refractivity contribution in [3.05, 3.63) is 23.8 Å². The van der Waals surface area contributed by atoms with Gasteiger partial charge < -0.3 is 5.11 Å². The molecule has 0 spiro atoms. The highest BCUT2D eigenvalue weighted by molar-refractivity contribution is 5.92. The third-order valence-corrected chi connectivity index (χ3v) is 3.07. The summed E-state index contributed by atoms with van der Waals surface area (Å²) >= 11 is 0. The van der Waals surface area contributed by atoms with Gasteiger partial charge in [-0.2, -0.15) is 0 Å². The number of aromatic carboxylic acids is 1. The predicted octanol–water partition coefficient (Wildman–Crippen LogP) is 2.35. The van der Waals surface area contributed by atoms with E-state index in [0.29, 0.717) is 5.92 Å². The van der Waals surface area contributed by atoms with E-state index in [1.165, 1.54) is 0 Å². The molecule has 90 valence electrons. The van der Waals surface area contributed by atoms with E-state index < -0.39 is 5.97 Å². The fourth-order valence-electron chi connectivity index (χ4n) is 1.65. The van der Waals surface area contributed by atoms with Crippen molar-refractivity contribution >= 4 is 17.0 Å². The van der Waals surface area contributed by atoms with Gasteiger partial charge in [-0.25, -0.2) is 9.48 Å². The molecule has 2 aromatic rings. The first kappa shape index (κ1) is 11.6. The van der Waals surface area contributed by atoms with E-state index >= 15 is 0 Å². The molecule has 5 heteroatoms. The third-order valence-electron chi connectivity index (χ3n) is 3.07. The van der Waals surface area contributed by atoms with Crippen LogP contribution in [0.4, 0.5) is 0 Å². The van der Waals surface area contributed by atoms with Crippen LogP contribution >= 0.6 is 0 Å². The summed E-state index contributed by atoms with van der Waals surface area (Å²) in [6, 6.07) is 5.04. The molecule has 17 heavy (non-hydrogen) atoms. The first-order valence-electron chi connectivity index (χ1n) is 5.59. The van der Waals surface area contributed by atoms with Gasteiger partial charge in [0.05, 0.1) is 17.1 Å². The number of nitrogens with zero attached hydrogens (tertiary/aromatic N) is 3. The first-order valence-corrected chi connectivity index (χ1v) is 5.59. The molecule has 0 saturated carbocycles.